The maximum Gasteiger partial charge on any atom is 0.280 e. The molecular formula is C9H12N6O5. The summed E-state index contributed by atoms with van der Waals surface area (Å²) in [4.78, 5) is 21.7. The van der Waals surface area contributed by atoms with Crippen LogP contribution in [0, 0.1) is 0 Å². The molecule has 4 atom stereocenters. The molecule has 0 bridgehead atoms. The van der Waals surface area contributed by atoms with Crippen LogP contribution in [0.4, 0.5) is 5.95 Å². The molecule has 0 aliphatic carbocycles. The number of nitrogens with one attached hydrogen (secondary N) is 2. The van der Waals surface area contributed by atoms with Gasteiger partial charge in [-0.25, -0.2) is 4.98 Å². The number of nitrogens with two attached hydrogens (primary N) is 1. The minimum atomic E-state index is -1.36. The molecule has 1 saturated heterocycles. The summed E-state index contributed by atoms with van der Waals surface area (Å²) >= 11 is 0. The van der Waals surface area contributed by atoms with Gasteiger partial charge in [0.25, 0.3) is 5.56 Å². The lowest BCUT2D eigenvalue weighted by molar-refractivity contribution is -0.0952. The van der Waals surface area contributed by atoms with Gasteiger partial charge >= 0.3 is 0 Å². The summed E-state index contributed by atoms with van der Waals surface area (Å²) in [5.74, 6) is -0.117. The Morgan fingerprint density at radius 2 is 2.20 bits per heavy atom. The van der Waals surface area contributed by atoms with Gasteiger partial charge in [-0.05, 0) is 0 Å². The normalized spacial score (nSPS) is 30.1. The Morgan fingerprint density at radius 3 is 2.85 bits per heavy atom. The van der Waals surface area contributed by atoms with E-state index >= 15 is 0 Å². The number of H-pyrrole nitrogens is 1. The van der Waals surface area contributed by atoms with Crippen LogP contribution in [0.5, 0.6) is 0 Å². The molecule has 1 aliphatic heterocycles. The van der Waals surface area contributed by atoms with Gasteiger partial charge in [-0.1, -0.05) is 0 Å². The van der Waals surface area contributed by atoms with Crippen LogP contribution in [-0.2, 0) is 4.74 Å². The lowest BCUT2D eigenvalue weighted by atomic mass is 10.2. The number of aromatic nitrogens is 4. The van der Waals surface area contributed by atoms with Crippen molar-refractivity contribution in [2.75, 3.05) is 5.73 Å². The molecule has 3 rings (SSSR count). The highest BCUT2D eigenvalue weighted by Crippen LogP contribution is 2.29. The smallest absolute Gasteiger partial charge is 0.280 e. The van der Waals surface area contributed by atoms with Crippen LogP contribution in [0.3, 0.4) is 0 Å². The Balaban J connectivity index is 2.09. The predicted molar refractivity (Wildman–Crippen MR) is 63.4 cm³/mol. The van der Waals surface area contributed by atoms with Crippen molar-refractivity contribution in [3.05, 3.63) is 16.7 Å². The van der Waals surface area contributed by atoms with Crippen LogP contribution in [0.2, 0.25) is 0 Å². The molecule has 0 amide bonds. The standard InChI is InChI=1S/C9H12N6O5/c10-9-12-5-2(6(18)13-9)11-1-15(5)8-4(17)3(16)7(14-19)20-8/h1,3-4,7-8,14,16-17,19H,(H3,10,12,13,18)/t3-,4+,7-,8+/m0/s1. The molecule has 7 N–H and O–H groups in total. The lowest BCUT2D eigenvalue weighted by Gasteiger charge is -2.16. The third-order valence-corrected chi connectivity index (χ3v) is 3.09. The van der Waals surface area contributed by atoms with Crippen molar-refractivity contribution in [3.8, 4) is 0 Å². The lowest BCUT2D eigenvalue weighted by Crippen LogP contribution is -2.38. The molecule has 0 saturated carbocycles. The van der Waals surface area contributed by atoms with Crippen molar-refractivity contribution < 1.29 is 20.2 Å². The second-order valence-electron chi connectivity index (χ2n) is 4.33. The fraction of sp³-hybridized carbons (Fsp3) is 0.444. The monoisotopic (exact) mass is 284 g/mol. The number of aromatic amines is 1. The van der Waals surface area contributed by atoms with Crippen molar-refractivity contribution in [1.29, 1.82) is 0 Å². The third kappa shape index (κ3) is 1.76. The van der Waals surface area contributed by atoms with Gasteiger partial charge in [-0.2, -0.15) is 10.5 Å². The molecule has 11 heteroatoms. The number of nitrogen functional groups attached to an aromatic ring is 1. The van der Waals surface area contributed by atoms with E-state index in [-0.39, 0.29) is 17.1 Å². The molecule has 11 nitrogen and oxygen atoms in total. The summed E-state index contributed by atoms with van der Waals surface area (Å²) in [5, 5.41) is 28.4. The number of aliphatic hydroxyl groups excluding tert-OH is 2. The molecular weight excluding hydrogens is 272 g/mol. The maximum atomic E-state index is 11.6. The molecule has 0 unspecified atom stereocenters. The molecule has 0 radical (unpaired) electrons. The zero-order valence-corrected chi connectivity index (χ0v) is 9.96. The van der Waals surface area contributed by atoms with Gasteiger partial charge in [-0.3, -0.25) is 14.3 Å². The molecule has 2 aromatic heterocycles. The van der Waals surface area contributed by atoms with E-state index < -0.39 is 30.2 Å². The summed E-state index contributed by atoms with van der Waals surface area (Å²) in [6, 6.07) is 0. The van der Waals surface area contributed by atoms with E-state index in [2.05, 4.69) is 15.0 Å². The number of imidazole rings is 1. The first-order chi connectivity index (χ1) is 9.52. The first-order valence-corrected chi connectivity index (χ1v) is 5.66. The van der Waals surface area contributed by atoms with Crippen molar-refractivity contribution in [3.63, 3.8) is 0 Å². The number of fused-ring (bicyclic) bond motifs is 1. The third-order valence-electron chi connectivity index (χ3n) is 3.09. The summed E-state index contributed by atoms with van der Waals surface area (Å²) in [6.07, 6.45) is -3.73. The minimum absolute atomic E-state index is 0.0184. The number of rotatable bonds is 2. The highest BCUT2D eigenvalue weighted by Gasteiger charge is 2.44. The Bertz CT molecular complexity index is 698. The van der Waals surface area contributed by atoms with E-state index in [1.54, 1.807) is 5.48 Å². The number of ether oxygens (including phenoxy) is 1. The molecule has 20 heavy (non-hydrogen) atoms. The summed E-state index contributed by atoms with van der Waals surface area (Å²) in [7, 11) is 0. The topological polar surface area (TPSA) is 172 Å². The van der Waals surface area contributed by atoms with Crippen molar-refractivity contribution in [2.24, 2.45) is 0 Å². The molecule has 108 valence electrons. The van der Waals surface area contributed by atoms with E-state index in [0.29, 0.717) is 0 Å². The van der Waals surface area contributed by atoms with Gasteiger partial charge < -0.3 is 25.9 Å². The van der Waals surface area contributed by atoms with Crippen molar-refractivity contribution in [1.82, 2.24) is 25.0 Å². The number of aliphatic hydroxyl groups is 2. The first-order valence-electron chi connectivity index (χ1n) is 5.66. The molecule has 1 fully saturated rings. The van der Waals surface area contributed by atoms with E-state index in [4.69, 9.17) is 15.7 Å². The van der Waals surface area contributed by atoms with Crippen LogP contribution in [0.25, 0.3) is 11.2 Å². The van der Waals surface area contributed by atoms with Crippen LogP contribution in [0.15, 0.2) is 11.1 Å². The first kappa shape index (κ1) is 13.0. The Labute approximate surface area is 110 Å². The van der Waals surface area contributed by atoms with Gasteiger partial charge in [-0.15, -0.1) is 0 Å². The van der Waals surface area contributed by atoms with Gasteiger partial charge in [0.2, 0.25) is 5.95 Å². The average Bonchev–Trinajstić information content (AvgIpc) is 2.93. The summed E-state index contributed by atoms with van der Waals surface area (Å²) in [5.41, 5.74) is 6.77. The molecule has 3 heterocycles. The van der Waals surface area contributed by atoms with Gasteiger partial charge in [0, 0.05) is 0 Å². The Hall–Kier alpha value is -2.05. The van der Waals surface area contributed by atoms with Crippen molar-refractivity contribution >= 4 is 17.1 Å². The second-order valence-corrected chi connectivity index (χ2v) is 4.33. The zero-order valence-electron chi connectivity index (χ0n) is 9.96. The number of anilines is 1. The molecule has 1 aliphatic rings. The van der Waals surface area contributed by atoms with Crippen LogP contribution in [-0.4, -0.2) is 53.4 Å². The van der Waals surface area contributed by atoms with Gasteiger partial charge in [0.1, 0.15) is 12.2 Å². The Morgan fingerprint density at radius 1 is 1.45 bits per heavy atom. The van der Waals surface area contributed by atoms with Gasteiger partial charge in [0.15, 0.2) is 23.6 Å². The van der Waals surface area contributed by atoms with E-state index in [9.17, 15) is 15.0 Å². The quantitative estimate of drug-likeness (QED) is 0.320. The number of nitrogens with zero attached hydrogens (tertiary/aromatic N) is 3. The van der Waals surface area contributed by atoms with Crippen molar-refractivity contribution in [2.45, 2.75) is 24.7 Å². The van der Waals surface area contributed by atoms with E-state index in [0.717, 1.165) is 0 Å². The fourth-order valence-electron chi connectivity index (χ4n) is 2.13. The predicted octanol–water partition coefficient (Wildman–Crippen LogP) is -2.74. The molecule has 0 spiro atoms. The SMILES string of the molecule is Nc1nc2c(ncn2[C@@H]2O[C@H](NO)[C@@H](O)[C@H]2O)c(=O)[nH]1. The summed E-state index contributed by atoms with van der Waals surface area (Å²) < 4.78 is 6.49. The fourth-order valence-corrected chi connectivity index (χ4v) is 2.13. The van der Waals surface area contributed by atoms with E-state index in [1.165, 1.54) is 10.9 Å². The number of hydrogen-bond acceptors (Lipinski definition) is 9. The highest BCUT2D eigenvalue weighted by molar-refractivity contribution is 5.70. The largest absolute Gasteiger partial charge is 0.386 e. The number of hydroxylamine groups is 1. The zero-order chi connectivity index (χ0) is 14.4. The van der Waals surface area contributed by atoms with Crippen LogP contribution in [0.1, 0.15) is 6.23 Å². The molecule has 0 aromatic carbocycles. The average molecular weight is 284 g/mol. The second kappa shape index (κ2) is 4.50. The Kier molecular flexibility index (Phi) is 2.92. The molecule has 2 aromatic rings. The van der Waals surface area contributed by atoms with Crippen LogP contribution >= 0.6 is 0 Å². The maximum absolute atomic E-state index is 11.6. The summed E-state index contributed by atoms with van der Waals surface area (Å²) in [6.45, 7) is 0. The van der Waals surface area contributed by atoms with E-state index in [1.807, 2.05) is 0 Å². The minimum Gasteiger partial charge on any atom is -0.386 e. The van der Waals surface area contributed by atoms with Crippen LogP contribution < -0.4 is 16.8 Å². The number of hydrogen-bond donors (Lipinski definition) is 6. The van der Waals surface area contributed by atoms with Gasteiger partial charge in [0.05, 0.1) is 6.33 Å². The highest BCUT2D eigenvalue weighted by atomic mass is 16.6.